The van der Waals surface area contributed by atoms with Gasteiger partial charge in [0.05, 0.1) is 18.7 Å². The Labute approximate surface area is 140 Å². The first-order chi connectivity index (χ1) is 11.3. The fourth-order valence-corrected chi connectivity index (χ4v) is 2.83. The van der Waals surface area contributed by atoms with Crippen LogP contribution in [0.15, 0.2) is 18.3 Å². The number of ether oxygens (including phenoxy) is 1. The van der Waals surface area contributed by atoms with E-state index in [9.17, 15) is 18.0 Å². The molecule has 0 aliphatic carbocycles. The number of carbonyl (C=O) groups excluding carboxylic acids is 1. The van der Waals surface area contributed by atoms with Crippen molar-refractivity contribution in [3.05, 3.63) is 23.9 Å². The van der Waals surface area contributed by atoms with Crippen LogP contribution >= 0.6 is 0 Å². The van der Waals surface area contributed by atoms with Crippen LogP contribution in [0.3, 0.4) is 0 Å². The van der Waals surface area contributed by atoms with Crippen LogP contribution in [0.1, 0.15) is 45.1 Å². The number of rotatable bonds is 7. The molecule has 1 aromatic heterocycles. The van der Waals surface area contributed by atoms with E-state index in [4.69, 9.17) is 4.74 Å². The van der Waals surface area contributed by atoms with E-state index in [0.29, 0.717) is 13.1 Å². The predicted octanol–water partition coefficient (Wildman–Crippen LogP) is 3.91. The van der Waals surface area contributed by atoms with Gasteiger partial charge in [0, 0.05) is 18.2 Å². The summed E-state index contributed by atoms with van der Waals surface area (Å²) in [4.78, 5) is 17.8. The third kappa shape index (κ3) is 4.61. The van der Waals surface area contributed by atoms with E-state index in [1.54, 1.807) is 4.90 Å². The number of carbonyl (C=O) groups is 1. The van der Waals surface area contributed by atoms with Crippen LogP contribution in [0, 0.1) is 5.92 Å². The Morgan fingerprint density at radius 2 is 1.92 bits per heavy atom. The number of likely N-dealkylation sites (tertiary alicyclic amines) is 1. The molecule has 2 heterocycles. The summed E-state index contributed by atoms with van der Waals surface area (Å²) in [6.07, 6.45) is -0.139. The largest absolute Gasteiger partial charge is 0.471 e. The van der Waals surface area contributed by atoms with Crippen LogP contribution in [0.4, 0.5) is 13.2 Å². The molecule has 0 atom stereocenters. The predicted molar refractivity (Wildman–Crippen MR) is 83.5 cm³/mol. The van der Waals surface area contributed by atoms with Crippen molar-refractivity contribution in [1.82, 2.24) is 9.88 Å². The van der Waals surface area contributed by atoms with Gasteiger partial charge in [-0.25, -0.2) is 4.98 Å². The Hall–Kier alpha value is -1.79. The van der Waals surface area contributed by atoms with Crippen molar-refractivity contribution in [1.29, 1.82) is 0 Å². The molecule has 134 valence electrons. The zero-order chi connectivity index (χ0) is 17.7. The summed E-state index contributed by atoms with van der Waals surface area (Å²) in [6, 6.07) is 2.16. The average Bonchev–Trinajstić information content (AvgIpc) is 2.49. The second kappa shape index (κ2) is 7.85. The van der Waals surface area contributed by atoms with Crippen molar-refractivity contribution >= 4 is 5.91 Å². The van der Waals surface area contributed by atoms with Gasteiger partial charge in [-0.05, 0) is 18.9 Å². The smallest absolute Gasteiger partial charge is 0.417 e. The number of alkyl halides is 3. The lowest BCUT2D eigenvalue weighted by molar-refractivity contribution is -0.145. The van der Waals surface area contributed by atoms with E-state index in [2.05, 4.69) is 18.8 Å². The van der Waals surface area contributed by atoms with Gasteiger partial charge in [0.1, 0.15) is 6.10 Å². The number of nitrogens with zero attached hydrogens (tertiary/aromatic N) is 2. The highest BCUT2D eigenvalue weighted by molar-refractivity contribution is 5.79. The minimum Gasteiger partial charge on any atom is -0.471 e. The third-order valence-corrected chi connectivity index (χ3v) is 4.13. The molecule has 7 heteroatoms. The topological polar surface area (TPSA) is 42.4 Å². The standard InChI is InChI=1S/C17H23F3N2O2/c1-3-5-12(6-4-2)16(23)22-10-14(11-22)24-15-8-7-13(9-21-15)17(18,19)20/h7-9,12,14H,3-6,10-11H2,1-2H3. The first-order valence-electron chi connectivity index (χ1n) is 8.33. The molecule has 0 unspecified atom stereocenters. The Kier molecular flexibility index (Phi) is 6.07. The van der Waals surface area contributed by atoms with Gasteiger partial charge in [-0.2, -0.15) is 13.2 Å². The van der Waals surface area contributed by atoms with Crippen LogP contribution < -0.4 is 4.74 Å². The Balaban J connectivity index is 1.83. The summed E-state index contributed by atoms with van der Waals surface area (Å²) >= 11 is 0. The van der Waals surface area contributed by atoms with Gasteiger partial charge in [0.2, 0.25) is 11.8 Å². The van der Waals surface area contributed by atoms with Crippen LogP contribution in [0.5, 0.6) is 5.88 Å². The lowest BCUT2D eigenvalue weighted by Gasteiger charge is -2.40. The van der Waals surface area contributed by atoms with E-state index in [-0.39, 0.29) is 23.8 Å². The number of hydrogen-bond acceptors (Lipinski definition) is 3. The second-order valence-corrected chi connectivity index (χ2v) is 6.14. The maximum absolute atomic E-state index is 12.5. The van der Waals surface area contributed by atoms with Crippen LogP contribution in [0.2, 0.25) is 0 Å². The Bertz CT molecular complexity index is 534. The zero-order valence-corrected chi connectivity index (χ0v) is 14.0. The molecule has 1 amide bonds. The molecular weight excluding hydrogens is 321 g/mol. The van der Waals surface area contributed by atoms with Crippen molar-refractivity contribution in [2.75, 3.05) is 13.1 Å². The van der Waals surface area contributed by atoms with Crippen LogP contribution in [0.25, 0.3) is 0 Å². The van der Waals surface area contributed by atoms with Gasteiger partial charge >= 0.3 is 6.18 Å². The van der Waals surface area contributed by atoms with E-state index >= 15 is 0 Å². The van der Waals surface area contributed by atoms with Crippen LogP contribution in [-0.2, 0) is 11.0 Å². The number of aromatic nitrogens is 1. The highest BCUT2D eigenvalue weighted by Gasteiger charge is 2.36. The van der Waals surface area contributed by atoms with Gasteiger partial charge in [-0.1, -0.05) is 26.7 Å². The highest BCUT2D eigenvalue weighted by atomic mass is 19.4. The SMILES string of the molecule is CCCC(CCC)C(=O)N1CC(Oc2ccc(C(F)(F)F)cn2)C1. The molecule has 24 heavy (non-hydrogen) atoms. The monoisotopic (exact) mass is 344 g/mol. The molecule has 1 aliphatic rings. The number of hydrogen-bond donors (Lipinski definition) is 0. The fourth-order valence-electron chi connectivity index (χ4n) is 2.83. The highest BCUT2D eigenvalue weighted by Crippen LogP contribution is 2.29. The van der Waals surface area contributed by atoms with Gasteiger partial charge in [-0.15, -0.1) is 0 Å². The maximum atomic E-state index is 12.5. The molecule has 2 rings (SSSR count). The summed E-state index contributed by atoms with van der Waals surface area (Å²) in [7, 11) is 0. The third-order valence-electron chi connectivity index (χ3n) is 4.13. The van der Waals surface area contributed by atoms with E-state index < -0.39 is 11.7 Å². The van der Waals surface area contributed by atoms with Crippen molar-refractivity contribution < 1.29 is 22.7 Å². The summed E-state index contributed by atoms with van der Waals surface area (Å²) in [6.45, 7) is 5.05. The zero-order valence-electron chi connectivity index (χ0n) is 14.0. The maximum Gasteiger partial charge on any atom is 0.417 e. The normalized spacial score (nSPS) is 15.5. The second-order valence-electron chi connectivity index (χ2n) is 6.14. The first kappa shape index (κ1) is 18.5. The molecule has 1 aliphatic heterocycles. The molecule has 1 fully saturated rings. The molecule has 0 spiro atoms. The van der Waals surface area contributed by atoms with Crippen molar-refractivity contribution in [2.45, 2.75) is 51.8 Å². The molecule has 0 radical (unpaired) electrons. The summed E-state index contributed by atoms with van der Waals surface area (Å²) in [5.74, 6) is 0.364. The molecule has 4 nitrogen and oxygen atoms in total. The van der Waals surface area contributed by atoms with Gasteiger partial charge in [-0.3, -0.25) is 4.79 Å². The number of pyridine rings is 1. The molecule has 0 saturated carbocycles. The van der Waals surface area contributed by atoms with Crippen molar-refractivity contribution in [2.24, 2.45) is 5.92 Å². The molecule has 1 aromatic rings. The quantitative estimate of drug-likeness (QED) is 0.753. The lowest BCUT2D eigenvalue weighted by Crippen LogP contribution is -2.57. The van der Waals surface area contributed by atoms with Crippen molar-refractivity contribution in [3.8, 4) is 5.88 Å². The molecule has 1 saturated heterocycles. The van der Waals surface area contributed by atoms with Crippen molar-refractivity contribution in [3.63, 3.8) is 0 Å². The van der Waals surface area contributed by atoms with E-state index in [0.717, 1.165) is 37.9 Å². The number of amides is 1. The van der Waals surface area contributed by atoms with Gasteiger partial charge in [0.25, 0.3) is 0 Å². The average molecular weight is 344 g/mol. The van der Waals surface area contributed by atoms with Gasteiger partial charge in [0.15, 0.2) is 0 Å². The Morgan fingerprint density at radius 1 is 1.29 bits per heavy atom. The summed E-state index contributed by atoms with van der Waals surface area (Å²) in [5, 5.41) is 0. The molecular formula is C17H23F3N2O2. The lowest BCUT2D eigenvalue weighted by atomic mass is 9.95. The Morgan fingerprint density at radius 3 is 2.38 bits per heavy atom. The fraction of sp³-hybridized carbons (Fsp3) is 0.647. The van der Waals surface area contributed by atoms with E-state index in [1.807, 2.05) is 0 Å². The summed E-state index contributed by atoms with van der Waals surface area (Å²) < 4.78 is 43.0. The van der Waals surface area contributed by atoms with Gasteiger partial charge < -0.3 is 9.64 Å². The van der Waals surface area contributed by atoms with Crippen LogP contribution in [-0.4, -0.2) is 35.0 Å². The molecule has 0 aromatic carbocycles. The summed E-state index contributed by atoms with van der Waals surface area (Å²) in [5.41, 5.74) is -0.803. The molecule has 0 N–H and O–H groups in total. The first-order valence-corrected chi connectivity index (χ1v) is 8.33. The minimum absolute atomic E-state index is 0.0603. The number of halogens is 3. The molecule has 0 bridgehead atoms. The minimum atomic E-state index is -4.40. The van der Waals surface area contributed by atoms with E-state index in [1.165, 1.54) is 6.07 Å².